The standard InChI is InChI=1S/C12H13BrN2O/c1-3-9-6-11(16)15(7-9)12-8(2)4-5-10(13)14-12/h3-5,9H,1,6-7H2,2H3. The molecule has 3 nitrogen and oxygen atoms in total. The number of carbonyl (C=O) groups is 1. The number of hydrogen-bond acceptors (Lipinski definition) is 2. The van der Waals surface area contributed by atoms with Gasteiger partial charge in [-0.05, 0) is 34.5 Å². The van der Waals surface area contributed by atoms with Crippen molar-refractivity contribution < 1.29 is 4.79 Å². The van der Waals surface area contributed by atoms with Gasteiger partial charge in [0.25, 0.3) is 0 Å². The van der Waals surface area contributed by atoms with Crippen LogP contribution < -0.4 is 4.90 Å². The molecule has 0 aromatic carbocycles. The van der Waals surface area contributed by atoms with E-state index in [2.05, 4.69) is 27.5 Å². The molecule has 0 bridgehead atoms. The van der Waals surface area contributed by atoms with Crippen molar-refractivity contribution in [3.05, 3.63) is 35.0 Å². The van der Waals surface area contributed by atoms with Crippen LogP contribution in [-0.4, -0.2) is 17.4 Å². The van der Waals surface area contributed by atoms with Crippen molar-refractivity contribution in [3.8, 4) is 0 Å². The Morgan fingerprint density at radius 3 is 3.00 bits per heavy atom. The van der Waals surface area contributed by atoms with Crippen LogP contribution in [0, 0.1) is 12.8 Å². The van der Waals surface area contributed by atoms with Crippen molar-refractivity contribution in [2.75, 3.05) is 11.4 Å². The Kier molecular flexibility index (Phi) is 3.10. The summed E-state index contributed by atoms with van der Waals surface area (Å²) < 4.78 is 0.753. The lowest BCUT2D eigenvalue weighted by atomic mass is 10.1. The number of pyridine rings is 1. The topological polar surface area (TPSA) is 33.2 Å². The van der Waals surface area contributed by atoms with Gasteiger partial charge < -0.3 is 0 Å². The molecule has 0 saturated carbocycles. The third-order valence-corrected chi connectivity index (χ3v) is 3.22. The molecule has 1 amide bonds. The zero-order valence-corrected chi connectivity index (χ0v) is 10.7. The molecule has 2 rings (SSSR count). The lowest BCUT2D eigenvalue weighted by molar-refractivity contribution is -0.117. The van der Waals surface area contributed by atoms with Crippen LogP contribution in [0.5, 0.6) is 0 Å². The second-order valence-electron chi connectivity index (χ2n) is 3.98. The highest BCUT2D eigenvalue weighted by Gasteiger charge is 2.30. The maximum absolute atomic E-state index is 11.8. The SMILES string of the molecule is C=CC1CC(=O)N(c2nc(Br)ccc2C)C1. The predicted octanol–water partition coefficient (Wildman–Crippen LogP) is 2.69. The molecule has 4 heteroatoms. The molecule has 0 N–H and O–H groups in total. The summed E-state index contributed by atoms with van der Waals surface area (Å²) >= 11 is 3.33. The van der Waals surface area contributed by atoms with Crippen LogP contribution in [0.1, 0.15) is 12.0 Å². The molecule has 1 aromatic rings. The van der Waals surface area contributed by atoms with E-state index in [0.717, 1.165) is 16.0 Å². The lowest BCUT2D eigenvalue weighted by Crippen LogP contribution is -2.26. The van der Waals surface area contributed by atoms with Crippen molar-refractivity contribution in [1.82, 2.24) is 4.98 Å². The highest BCUT2D eigenvalue weighted by Crippen LogP contribution is 2.27. The normalized spacial score (nSPS) is 20.2. The van der Waals surface area contributed by atoms with E-state index in [1.54, 1.807) is 4.90 Å². The number of hydrogen-bond donors (Lipinski definition) is 0. The van der Waals surface area contributed by atoms with Crippen molar-refractivity contribution >= 4 is 27.7 Å². The molecule has 1 aromatic heterocycles. The van der Waals surface area contributed by atoms with Crippen LogP contribution in [0.4, 0.5) is 5.82 Å². The molecular weight excluding hydrogens is 268 g/mol. The first-order valence-corrected chi connectivity index (χ1v) is 5.97. The third-order valence-electron chi connectivity index (χ3n) is 2.78. The van der Waals surface area contributed by atoms with Crippen LogP contribution >= 0.6 is 15.9 Å². The van der Waals surface area contributed by atoms with Crippen LogP contribution in [0.25, 0.3) is 0 Å². The molecule has 0 radical (unpaired) electrons. The van der Waals surface area contributed by atoms with E-state index in [-0.39, 0.29) is 11.8 Å². The van der Waals surface area contributed by atoms with Crippen LogP contribution in [0.2, 0.25) is 0 Å². The van der Waals surface area contributed by atoms with Crippen LogP contribution in [-0.2, 0) is 4.79 Å². The molecule has 1 fully saturated rings. The van der Waals surface area contributed by atoms with Gasteiger partial charge in [0.15, 0.2) is 0 Å². The molecule has 16 heavy (non-hydrogen) atoms. The van der Waals surface area contributed by atoms with Gasteiger partial charge in [-0.2, -0.15) is 0 Å². The molecule has 2 heterocycles. The Hall–Kier alpha value is -1.16. The Morgan fingerprint density at radius 2 is 2.38 bits per heavy atom. The predicted molar refractivity (Wildman–Crippen MR) is 67.3 cm³/mol. The molecule has 1 saturated heterocycles. The Labute approximate surface area is 103 Å². The highest BCUT2D eigenvalue weighted by molar-refractivity contribution is 9.10. The molecule has 1 unspecified atom stereocenters. The Morgan fingerprint density at radius 1 is 1.62 bits per heavy atom. The minimum absolute atomic E-state index is 0.124. The monoisotopic (exact) mass is 280 g/mol. The second kappa shape index (κ2) is 4.37. The molecule has 0 aliphatic carbocycles. The highest BCUT2D eigenvalue weighted by atomic mass is 79.9. The lowest BCUT2D eigenvalue weighted by Gasteiger charge is -2.17. The number of halogens is 1. The summed E-state index contributed by atoms with van der Waals surface area (Å²) in [5.74, 6) is 1.12. The number of anilines is 1. The summed E-state index contributed by atoms with van der Waals surface area (Å²) in [7, 11) is 0. The average molecular weight is 281 g/mol. The summed E-state index contributed by atoms with van der Waals surface area (Å²) in [6, 6.07) is 3.84. The van der Waals surface area contributed by atoms with Gasteiger partial charge in [-0.15, -0.1) is 6.58 Å². The first-order chi connectivity index (χ1) is 7.61. The zero-order chi connectivity index (χ0) is 11.7. The Bertz CT molecular complexity index is 445. The number of nitrogens with zero attached hydrogens (tertiary/aromatic N) is 2. The van der Waals surface area contributed by atoms with Gasteiger partial charge in [0, 0.05) is 18.9 Å². The summed E-state index contributed by atoms with van der Waals surface area (Å²) in [6.07, 6.45) is 2.38. The van der Waals surface area contributed by atoms with E-state index in [4.69, 9.17) is 0 Å². The van der Waals surface area contributed by atoms with Crippen molar-refractivity contribution in [2.45, 2.75) is 13.3 Å². The van der Waals surface area contributed by atoms with Gasteiger partial charge in [0.2, 0.25) is 5.91 Å². The maximum atomic E-state index is 11.8. The van der Waals surface area contributed by atoms with Gasteiger partial charge in [-0.1, -0.05) is 12.1 Å². The smallest absolute Gasteiger partial charge is 0.228 e. The van der Waals surface area contributed by atoms with Gasteiger partial charge in [-0.25, -0.2) is 4.98 Å². The minimum atomic E-state index is 0.124. The summed E-state index contributed by atoms with van der Waals surface area (Å²) in [4.78, 5) is 17.9. The number of aryl methyl sites for hydroxylation is 1. The number of rotatable bonds is 2. The maximum Gasteiger partial charge on any atom is 0.228 e. The summed E-state index contributed by atoms with van der Waals surface area (Å²) in [5.41, 5.74) is 1.02. The molecule has 0 spiro atoms. The van der Waals surface area contributed by atoms with E-state index in [9.17, 15) is 4.79 Å². The average Bonchev–Trinajstić information content (AvgIpc) is 2.63. The molecule has 84 valence electrons. The zero-order valence-electron chi connectivity index (χ0n) is 9.11. The van der Waals surface area contributed by atoms with E-state index in [1.165, 1.54) is 0 Å². The quantitative estimate of drug-likeness (QED) is 0.617. The van der Waals surface area contributed by atoms with Crippen molar-refractivity contribution in [2.24, 2.45) is 5.92 Å². The van der Waals surface area contributed by atoms with Crippen LogP contribution in [0.3, 0.4) is 0 Å². The van der Waals surface area contributed by atoms with E-state index in [0.29, 0.717) is 13.0 Å². The minimum Gasteiger partial charge on any atom is -0.296 e. The van der Waals surface area contributed by atoms with Crippen LogP contribution in [0.15, 0.2) is 29.4 Å². The summed E-state index contributed by atoms with van der Waals surface area (Å²) in [6.45, 7) is 6.39. The molecular formula is C12H13BrN2O. The first-order valence-electron chi connectivity index (χ1n) is 5.18. The van der Waals surface area contributed by atoms with Crippen molar-refractivity contribution in [1.29, 1.82) is 0 Å². The number of amides is 1. The largest absolute Gasteiger partial charge is 0.296 e. The van der Waals surface area contributed by atoms with E-state index >= 15 is 0 Å². The van der Waals surface area contributed by atoms with Gasteiger partial charge >= 0.3 is 0 Å². The first kappa shape index (κ1) is 11.3. The number of aromatic nitrogens is 1. The second-order valence-corrected chi connectivity index (χ2v) is 4.79. The van der Waals surface area contributed by atoms with E-state index in [1.807, 2.05) is 25.1 Å². The third kappa shape index (κ3) is 2.02. The number of carbonyl (C=O) groups excluding carboxylic acids is 1. The fraction of sp³-hybridized carbons (Fsp3) is 0.333. The van der Waals surface area contributed by atoms with Gasteiger partial charge in [0.05, 0.1) is 0 Å². The molecule has 1 aliphatic heterocycles. The summed E-state index contributed by atoms with van der Waals surface area (Å²) in [5, 5.41) is 0. The van der Waals surface area contributed by atoms with Gasteiger partial charge in [-0.3, -0.25) is 9.69 Å². The molecule has 1 aliphatic rings. The fourth-order valence-electron chi connectivity index (χ4n) is 1.87. The van der Waals surface area contributed by atoms with Gasteiger partial charge in [0.1, 0.15) is 10.4 Å². The molecule has 1 atom stereocenters. The Balaban J connectivity index is 2.34. The fourth-order valence-corrected chi connectivity index (χ4v) is 2.17. The van der Waals surface area contributed by atoms with Crippen molar-refractivity contribution in [3.63, 3.8) is 0 Å². The van der Waals surface area contributed by atoms with E-state index < -0.39 is 0 Å².